The number of phosphoric ester groups is 2. The summed E-state index contributed by atoms with van der Waals surface area (Å²) in [5, 5.41) is 10.5. The molecule has 3 N–H and O–H groups in total. The first-order chi connectivity index (χ1) is 38.5. The first-order valence-electron chi connectivity index (χ1n) is 32.1. The van der Waals surface area contributed by atoms with Crippen LogP contribution in [0.1, 0.15) is 304 Å². The lowest BCUT2D eigenvalue weighted by molar-refractivity contribution is -0.161. The summed E-state index contributed by atoms with van der Waals surface area (Å²) in [5.41, 5.74) is 0. The molecule has 0 saturated carbocycles. The van der Waals surface area contributed by atoms with Gasteiger partial charge in [-0.25, -0.2) is 9.13 Å². The molecule has 0 heterocycles. The highest BCUT2D eigenvalue weighted by Gasteiger charge is 2.30. The second kappa shape index (κ2) is 55.0. The number of ether oxygens (including phenoxy) is 4. The number of aliphatic hydroxyl groups excluding tert-OH is 1. The number of esters is 4. The molecule has 0 rings (SSSR count). The van der Waals surface area contributed by atoms with Crippen molar-refractivity contribution in [1.82, 2.24) is 0 Å². The largest absolute Gasteiger partial charge is 0.472 e. The highest BCUT2D eigenvalue weighted by atomic mass is 31.2. The molecule has 0 aromatic carbocycles. The van der Waals surface area contributed by atoms with Gasteiger partial charge in [0.1, 0.15) is 19.3 Å². The zero-order valence-corrected chi connectivity index (χ0v) is 53.0. The summed E-state index contributed by atoms with van der Waals surface area (Å²) in [7, 11) is -9.87. The minimum atomic E-state index is -4.94. The van der Waals surface area contributed by atoms with Crippen molar-refractivity contribution in [2.75, 3.05) is 39.6 Å². The topological polar surface area (TPSA) is 237 Å². The molecule has 0 aliphatic carbocycles. The monoisotopic (exact) mass is 1180 g/mol. The highest BCUT2D eigenvalue weighted by Crippen LogP contribution is 2.45. The van der Waals surface area contributed by atoms with Gasteiger partial charge in [0.15, 0.2) is 12.2 Å². The SMILES string of the molecule is CCCCCCCCCCCCCCCC(=O)OC[C@H](COP(=O)(O)OC[C@@H](O)COP(=O)(O)OC[C@@H](COC(=O)CCCCCCC)OC(=O)CCCCCCCCCC)OC(=O)CCCCCCCCCCCCCC(C)C. The smallest absolute Gasteiger partial charge is 0.462 e. The molecule has 474 valence electrons. The third kappa shape index (κ3) is 55.3. The zero-order valence-electron chi connectivity index (χ0n) is 51.2. The second-order valence-corrected chi connectivity index (χ2v) is 25.5. The molecule has 80 heavy (non-hydrogen) atoms. The van der Waals surface area contributed by atoms with E-state index in [0.717, 1.165) is 109 Å². The van der Waals surface area contributed by atoms with Gasteiger partial charge in [0, 0.05) is 25.7 Å². The number of carbonyl (C=O) groups excluding carboxylic acids is 4. The number of rotatable bonds is 61. The van der Waals surface area contributed by atoms with E-state index in [-0.39, 0.29) is 25.7 Å². The number of unbranched alkanes of at least 4 members (excludes halogenated alkanes) is 33. The first kappa shape index (κ1) is 78.1. The van der Waals surface area contributed by atoms with Crippen LogP contribution in [0.5, 0.6) is 0 Å². The summed E-state index contributed by atoms with van der Waals surface area (Å²) in [6.07, 6.45) is 37.9. The van der Waals surface area contributed by atoms with Crippen molar-refractivity contribution in [2.45, 2.75) is 323 Å². The van der Waals surface area contributed by atoms with Crippen LogP contribution in [-0.2, 0) is 65.4 Å². The summed E-state index contributed by atoms with van der Waals surface area (Å²) >= 11 is 0. The number of phosphoric acid groups is 2. The Hall–Kier alpha value is -1.94. The molecule has 19 heteroatoms. The lowest BCUT2D eigenvalue weighted by atomic mass is 10.0. The Morgan fingerprint density at radius 1 is 0.338 bits per heavy atom. The van der Waals surface area contributed by atoms with Gasteiger partial charge in [0.25, 0.3) is 0 Å². The van der Waals surface area contributed by atoms with E-state index < -0.39 is 97.5 Å². The van der Waals surface area contributed by atoms with Gasteiger partial charge in [0.2, 0.25) is 0 Å². The van der Waals surface area contributed by atoms with Crippen molar-refractivity contribution < 1.29 is 80.2 Å². The molecule has 0 aromatic heterocycles. The molecule has 0 aliphatic heterocycles. The van der Waals surface area contributed by atoms with Crippen LogP contribution in [0.15, 0.2) is 0 Å². The Balaban J connectivity index is 5.17. The fourth-order valence-corrected chi connectivity index (χ4v) is 10.6. The minimum Gasteiger partial charge on any atom is -0.462 e. The number of carbonyl (C=O) groups is 4. The van der Waals surface area contributed by atoms with Crippen LogP contribution < -0.4 is 0 Å². The third-order valence-corrected chi connectivity index (χ3v) is 15.9. The molecule has 0 fully saturated rings. The van der Waals surface area contributed by atoms with Gasteiger partial charge >= 0.3 is 39.5 Å². The van der Waals surface area contributed by atoms with E-state index >= 15 is 0 Å². The average molecular weight is 1190 g/mol. The van der Waals surface area contributed by atoms with Gasteiger partial charge in [-0.1, -0.05) is 253 Å². The summed E-state index contributed by atoms with van der Waals surface area (Å²) in [4.78, 5) is 71.8. The van der Waals surface area contributed by atoms with Crippen LogP contribution in [0.3, 0.4) is 0 Å². The number of hydrogen-bond acceptors (Lipinski definition) is 15. The van der Waals surface area contributed by atoms with Gasteiger partial charge in [-0.2, -0.15) is 0 Å². The zero-order chi connectivity index (χ0) is 59.2. The summed E-state index contributed by atoms with van der Waals surface area (Å²) < 4.78 is 67.6. The molecular weight excluding hydrogens is 1070 g/mol. The molecule has 2 unspecified atom stereocenters. The van der Waals surface area contributed by atoms with E-state index in [2.05, 4.69) is 34.6 Å². The van der Waals surface area contributed by atoms with Gasteiger partial charge in [0.05, 0.1) is 26.4 Å². The van der Waals surface area contributed by atoms with Crippen molar-refractivity contribution in [1.29, 1.82) is 0 Å². The predicted molar refractivity (Wildman–Crippen MR) is 317 cm³/mol. The third-order valence-electron chi connectivity index (χ3n) is 14.0. The Morgan fingerprint density at radius 3 is 0.850 bits per heavy atom. The van der Waals surface area contributed by atoms with E-state index in [4.69, 9.17) is 37.0 Å². The van der Waals surface area contributed by atoms with Gasteiger partial charge in [-0.15, -0.1) is 0 Å². The van der Waals surface area contributed by atoms with Crippen molar-refractivity contribution >= 4 is 39.5 Å². The Kier molecular flexibility index (Phi) is 53.6. The lowest BCUT2D eigenvalue weighted by Crippen LogP contribution is -2.30. The predicted octanol–water partition coefficient (Wildman–Crippen LogP) is 16.6. The van der Waals surface area contributed by atoms with Crippen molar-refractivity contribution in [3.05, 3.63) is 0 Å². The molecular formula is C61H118O17P2. The highest BCUT2D eigenvalue weighted by molar-refractivity contribution is 7.47. The summed E-state index contributed by atoms with van der Waals surface area (Å²) in [6, 6.07) is 0. The van der Waals surface area contributed by atoms with E-state index in [1.165, 1.54) is 116 Å². The molecule has 17 nitrogen and oxygen atoms in total. The Labute approximate surface area is 486 Å². The quantitative estimate of drug-likeness (QED) is 0.0222. The van der Waals surface area contributed by atoms with Crippen molar-refractivity contribution in [2.24, 2.45) is 5.92 Å². The van der Waals surface area contributed by atoms with Crippen LogP contribution in [0.4, 0.5) is 0 Å². The summed E-state index contributed by atoms with van der Waals surface area (Å²) in [6.45, 7) is 7.06. The van der Waals surface area contributed by atoms with Gasteiger partial charge < -0.3 is 33.8 Å². The van der Waals surface area contributed by atoms with Gasteiger partial charge in [-0.3, -0.25) is 37.3 Å². The normalized spacial score (nSPS) is 14.3. The summed E-state index contributed by atoms with van der Waals surface area (Å²) in [5.74, 6) is -1.38. The lowest BCUT2D eigenvalue weighted by Gasteiger charge is -2.21. The Morgan fingerprint density at radius 2 is 0.575 bits per heavy atom. The number of hydrogen-bond donors (Lipinski definition) is 3. The first-order valence-corrected chi connectivity index (χ1v) is 35.1. The van der Waals surface area contributed by atoms with Crippen LogP contribution >= 0.6 is 15.6 Å². The standard InChI is InChI=1S/C61H118O17P2/c1-6-9-12-15-17-19-20-21-24-27-31-35-40-45-59(64)72-51-57(78-61(66)47-42-37-32-28-25-22-23-26-29-34-38-43-54(4)5)53-76-80(69,70)74-49-55(62)48-73-79(67,68)75-52-56(50-71-58(63)44-39-33-14-11-8-3)77-60(65)46-41-36-30-18-16-13-10-7-2/h54-57,62H,6-53H2,1-5H3,(H,67,68)(H,69,70)/t55-,56+,57+/m0/s1. The van der Waals surface area contributed by atoms with E-state index in [1.54, 1.807) is 0 Å². The minimum absolute atomic E-state index is 0.104. The Bertz CT molecular complexity index is 1570. The van der Waals surface area contributed by atoms with Crippen molar-refractivity contribution in [3.63, 3.8) is 0 Å². The molecule has 0 spiro atoms. The molecule has 5 atom stereocenters. The maximum absolute atomic E-state index is 12.9. The molecule has 0 amide bonds. The number of aliphatic hydroxyl groups is 1. The van der Waals surface area contributed by atoms with E-state index in [9.17, 15) is 43.2 Å². The van der Waals surface area contributed by atoms with Crippen LogP contribution in [0.2, 0.25) is 0 Å². The van der Waals surface area contributed by atoms with Gasteiger partial charge in [-0.05, 0) is 31.6 Å². The second-order valence-electron chi connectivity index (χ2n) is 22.6. The van der Waals surface area contributed by atoms with E-state index in [0.29, 0.717) is 25.7 Å². The van der Waals surface area contributed by atoms with E-state index in [1.807, 2.05) is 0 Å². The fourth-order valence-electron chi connectivity index (χ4n) is 9.05. The molecule has 0 bridgehead atoms. The molecule has 0 aliphatic rings. The van der Waals surface area contributed by atoms with Crippen LogP contribution in [0.25, 0.3) is 0 Å². The fraction of sp³-hybridized carbons (Fsp3) is 0.934. The molecule has 0 radical (unpaired) electrons. The van der Waals surface area contributed by atoms with Crippen molar-refractivity contribution in [3.8, 4) is 0 Å². The van der Waals surface area contributed by atoms with Crippen LogP contribution in [-0.4, -0.2) is 96.7 Å². The average Bonchev–Trinajstić information content (AvgIpc) is 3.42. The molecule has 0 saturated heterocycles. The molecule has 0 aromatic rings. The van der Waals surface area contributed by atoms with Crippen LogP contribution in [0, 0.1) is 5.92 Å². The maximum atomic E-state index is 12.9. The maximum Gasteiger partial charge on any atom is 0.472 e.